The Balaban J connectivity index is 2.17. The van der Waals surface area contributed by atoms with Gasteiger partial charge in [-0.3, -0.25) is 11.3 Å². The average molecular weight is 262 g/mol. The maximum absolute atomic E-state index is 5.78. The third kappa shape index (κ3) is 3.29. The summed E-state index contributed by atoms with van der Waals surface area (Å²) in [5.74, 6) is 5.62. The van der Waals surface area contributed by atoms with Crippen molar-refractivity contribution in [2.45, 2.75) is 19.4 Å². The molecule has 0 aliphatic rings. The van der Waals surface area contributed by atoms with Crippen molar-refractivity contribution in [3.05, 3.63) is 64.4 Å². The molecule has 2 rings (SSSR count). The van der Waals surface area contributed by atoms with Crippen molar-refractivity contribution in [1.29, 1.82) is 0 Å². The minimum absolute atomic E-state index is 0.0385. The Hall–Kier alpha value is -1.42. The first-order valence-electron chi connectivity index (χ1n) is 5.82. The number of rotatable bonds is 4. The molecule has 3 N–H and O–H groups in total. The highest BCUT2D eigenvalue weighted by molar-refractivity contribution is 6.29. The zero-order chi connectivity index (χ0) is 13.0. The van der Waals surface area contributed by atoms with Crippen LogP contribution in [0, 0.1) is 6.92 Å². The van der Waals surface area contributed by atoms with E-state index in [1.807, 2.05) is 6.07 Å². The zero-order valence-corrected chi connectivity index (χ0v) is 11.0. The molecule has 1 unspecified atom stereocenters. The Bertz CT molecular complexity index is 511. The number of hydrogen-bond acceptors (Lipinski definition) is 3. The number of hydrazine groups is 1. The first-order chi connectivity index (χ1) is 8.69. The quantitative estimate of drug-likeness (QED) is 0.506. The molecule has 0 saturated heterocycles. The van der Waals surface area contributed by atoms with Gasteiger partial charge in [-0.05, 0) is 30.5 Å². The third-order valence-electron chi connectivity index (χ3n) is 2.88. The van der Waals surface area contributed by atoms with Crippen LogP contribution in [0.4, 0.5) is 0 Å². The number of pyridine rings is 1. The number of halogens is 1. The summed E-state index contributed by atoms with van der Waals surface area (Å²) in [6.45, 7) is 2.08. The molecule has 0 aliphatic carbocycles. The average Bonchev–Trinajstić information content (AvgIpc) is 2.37. The summed E-state index contributed by atoms with van der Waals surface area (Å²) in [5, 5.41) is 0.491. The van der Waals surface area contributed by atoms with Gasteiger partial charge in [0.2, 0.25) is 0 Å². The van der Waals surface area contributed by atoms with Crippen LogP contribution in [-0.4, -0.2) is 4.98 Å². The number of benzene rings is 1. The monoisotopic (exact) mass is 261 g/mol. The van der Waals surface area contributed by atoms with Gasteiger partial charge in [0.15, 0.2) is 0 Å². The molecule has 0 radical (unpaired) electrons. The van der Waals surface area contributed by atoms with Crippen LogP contribution in [0.15, 0.2) is 42.6 Å². The van der Waals surface area contributed by atoms with Gasteiger partial charge in [-0.25, -0.2) is 4.98 Å². The summed E-state index contributed by atoms with van der Waals surface area (Å²) in [7, 11) is 0. The third-order valence-corrected chi connectivity index (χ3v) is 3.10. The molecular weight excluding hydrogens is 246 g/mol. The first kappa shape index (κ1) is 13.0. The largest absolute Gasteiger partial charge is 0.271 e. The number of hydrogen-bond donors (Lipinski definition) is 2. The molecule has 3 nitrogen and oxygen atoms in total. The Morgan fingerprint density at radius 2 is 2.17 bits per heavy atom. The van der Waals surface area contributed by atoms with E-state index in [1.54, 1.807) is 12.3 Å². The van der Waals surface area contributed by atoms with Gasteiger partial charge < -0.3 is 0 Å². The van der Waals surface area contributed by atoms with Gasteiger partial charge in [-0.15, -0.1) is 0 Å². The van der Waals surface area contributed by atoms with E-state index in [0.29, 0.717) is 5.15 Å². The Kier molecular flexibility index (Phi) is 4.31. The zero-order valence-electron chi connectivity index (χ0n) is 10.2. The van der Waals surface area contributed by atoms with E-state index in [0.717, 1.165) is 12.0 Å². The molecule has 0 bridgehead atoms. The van der Waals surface area contributed by atoms with Crippen LogP contribution in [0.5, 0.6) is 0 Å². The fraction of sp³-hybridized carbons (Fsp3) is 0.214. The molecule has 0 fully saturated rings. The molecule has 0 aliphatic heterocycles. The molecule has 2 aromatic rings. The maximum Gasteiger partial charge on any atom is 0.129 e. The van der Waals surface area contributed by atoms with E-state index in [4.69, 9.17) is 17.4 Å². The van der Waals surface area contributed by atoms with Gasteiger partial charge in [0, 0.05) is 6.20 Å². The summed E-state index contributed by atoms with van der Waals surface area (Å²) < 4.78 is 0. The van der Waals surface area contributed by atoms with Crippen LogP contribution in [0.25, 0.3) is 0 Å². The van der Waals surface area contributed by atoms with Crippen molar-refractivity contribution in [3.63, 3.8) is 0 Å². The number of nitrogens with zero attached hydrogens (tertiary/aromatic N) is 1. The molecule has 1 aromatic carbocycles. The topological polar surface area (TPSA) is 50.9 Å². The summed E-state index contributed by atoms with van der Waals surface area (Å²) in [6.07, 6.45) is 2.57. The number of aromatic nitrogens is 1. The van der Waals surface area contributed by atoms with Crippen molar-refractivity contribution in [3.8, 4) is 0 Å². The molecular formula is C14H16ClN3. The van der Waals surface area contributed by atoms with E-state index in [1.165, 1.54) is 11.1 Å². The molecule has 0 saturated carbocycles. The summed E-state index contributed by atoms with van der Waals surface area (Å²) >= 11 is 5.78. The number of nitrogens with two attached hydrogens (primary N) is 1. The van der Waals surface area contributed by atoms with Crippen molar-refractivity contribution in [2.75, 3.05) is 0 Å². The highest BCUT2D eigenvalue weighted by Gasteiger charge is 2.11. The predicted octanol–water partition coefficient (Wildman–Crippen LogP) is 2.79. The first-order valence-corrected chi connectivity index (χ1v) is 6.20. The van der Waals surface area contributed by atoms with E-state index in [9.17, 15) is 0 Å². The Labute approximate surface area is 112 Å². The summed E-state index contributed by atoms with van der Waals surface area (Å²) in [6, 6.07) is 12.1. The second-order valence-corrected chi connectivity index (χ2v) is 4.71. The van der Waals surface area contributed by atoms with Gasteiger partial charge in [0.05, 0.1) is 6.04 Å². The summed E-state index contributed by atoms with van der Waals surface area (Å²) in [5.41, 5.74) is 6.34. The van der Waals surface area contributed by atoms with Gasteiger partial charge >= 0.3 is 0 Å². The Morgan fingerprint density at radius 3 is 2.78 bits per heavy atom. The molecule has 0 spiro atoms. The smallest absolute Gasteiger partial charge is 0.129 e. The highest BCUT2D eigenvalue weighted by Crippen LogP contribution is 2.18. The fourth-order valence-corrected chi connectivity index (χ4v) is 2.05. The van der Waals surface area contributed by atoms with Crippen LogP contribution in [0.2, 0.25) is 5.15 Å². The minimum atomic E-state index is 0.0385. The normalized spacial score (nSPS) is 12.4. The van der Waals surface area contributed by atoms with Gasteiger partial charge in [-0.1, -0.05) is 47.5 Å². The second kappa shape index (κ2) is 5.96. The number of aryl methyl sites for hydroxylation is 1. The molecule has 4 heteroatoms. The van der Waals surface area contributed by atoms with E-state index in [2.05, 4.69) is 41.6 Å². The SMILES string of the molecule is Cc1cccc(CC(NN)c2ccc(Cl)nc2)c1. The van der Waals surface area contributed by atoms with Crippen molar-refractivity contribution in [1.82, 2.24) is 10.4 Å². The van der Waals surface area contributed by atoms with Crippen LogP contribution in [0.3, 0.4) is 0 Å². The van der Waals surface area contributed by atoms with E-state index in [-0.39, 0.29) is 6.04 Å². The standard InChI is InChI=1S/C14H16ClN3/c1-10-3-2-4-11(7-10)8-13(18-16)12-5-6-14(15)17-9-12/h2-7,9,13,18H,8,16H2,1H3. The lowest BCUT2D eigenvalue weighted by molar-refractivity contribution is 0.550. The van der Waals surface area contributed by atoms with Crippen LogP contribution in [0.1, 0.15) is 22.7 Å². The molecule has 1 aromatic heterocycles. The van der Waals surface area contributed by atoms with Crippen molar-refractivity contribution < 1.29 is 0 Å². The molecule has 18 heavy (non-hydrogen) atoms. The van der Waals surface area contributed by atoms with Crippen molar-refractivity contribution >= 4 is 11.6 Å². The lowest BCUT2D eigenvalue weighted by Crippen LogP contribution is -2.29. The van der Waals surface area contributed by atoms with Gasteiger partial charge in [-0.2, -0.15) is 0 Å². The highest BCUT2D eigenvalue weighted by atomic mass is 35.5. The molecule has 0 amide bonds. The predicted molar refractivity (Wildman–Crippen MR) is 74.2 cm³/mol. The summed E-state index contributed by atoms with van der Waals surface area (Å²) in [4.78, 5) is 4.08. The minimum Gasteiger partial charge on any atom is -0.271 e. The van der Waals surface area contributed by atoms with Crippen LogP contribution in [-0.2, 0) is 6.42 Å². The second-order valence-electron chi connectivity index (χ2n) is 4.33. The van der Waals surface area contributed by atoms with Gasteiger partial charge in [0.25, 0.3) is 0 Å². The fourth-order valence-electron chi connectivity index (χ4n) is 1.94. The number of nitrogens with one attached hydrogen (secondary N) is 1. The van der Waals surface area contributed by atoms with E-state index >= 15 is 0 Å². The van der Waals surface area contributed by atoms with Crippen LogP contribution < -0.4 is 11.3 Å². The Morgan fingerprint density at radius 1 is 1.33 bits per heavy atom. The molecule has 1 heterocycles. The lowest BCUT2D eigenvalue weighted by atomic mass is 10.00. The molecule has 1 atom stereocenters. The van der Waals surface area contributed by atoms with Crippen molar-refractivity contribution in [2.24, 2.45) is 5.84 Å². The van der Waals surface area contributed by atoms with Gasteiger partial charge in [0.1, 0.15) is 5.15 Å². The van der Waals surface area contributed by atoms with Crippen LogP contribution >= 0.6 is 11.6 Å². The molecule has 94 valence electrons. The maximum atomic E-state index is 5.78. The lowest BCUT2D eigenvalue weighted by Gasteiger charge is -2.16. The van der Waals surface area contributed by atoms with E-state index < -0.39 is 0 Å².